The number of anilines is 2. The molecule has 0 fully saturated rings. The Morgan fingerprint density at radius 3 is 2.58 bits per heavy atom. The number of benzene rings is 2. The largest absolute Gasteiger partial charge is 0.452 e. The SMILES string of the molecule is O=C1CN(C(=O)COC(=O)c2ccc(Br)cc2)c2ccccc2N1. The molecule has 24 heavy (non-hydrogen) atoms. The molecule has 6 nitrogen and oxygen atoms in total. The fourth-order valence-corrected chi connectivity index (χ4v) is 2.59. The van der Waals surface area contributed by atoms with Crippen molar-refractivity contribution in [3.63, 3.8) is 0 Å². The molecule has 2 amide bonds. The average molecular weight is 389 g/mol. The van der Waals surface area contributed by atoms with Crippen molar-refractivity contribution < 1.29 is 19.1 Å². The quantitative estimate of drug-likeness (QED) is 0.819. The van der Waals surface area contributed by atoms with Gasteiger partial charge in [0, 0.05) is 4.47 Å². The zero-order chi connectivity index (χ0) is 17.1. The minimum absolute atomic E-state index is 0.105. The maximum Gasteiger partial charge on any atom is 0.338 e. The van der Waals surface area contributed by atoms with Crippen LogP contribution in [0.4, 0.5) is 11.4 Å². The molecule has 7 heteroatoms. The number of esters is 1. The number of halogens is 1. The number of nitrogens with zero attached hydrogens (tertiary/aromatic N) is 1. The van der Waals surface area contributed by atoms with Gasteiger partial charge in [-0.2, -0.15) is 0 Å². The summed E-state index contributed by atoms with van der Waals surface area (Å²) in [7, 11) is 0. The lowest BCUT2D eigenvalue weighted by atomic mass is 10.2. The van der Waals surface area contributed by atoms with Gasteiger partial charge in [0.05, 0.1) is 16.9 Å². The van der Waals surface area contributed by atoms with Crippen molar-refractivity contribution in [3.8, 4) is 0 Å². The number of carbonyl (C=O) groups excluding carboxylic acids is 3. The number of fused-ring (bicyclic) bond motifs is 1. The molecule has 0 aliphatic carbocycles. The number of ether oxygens (including phenoxy) is 1. The second-order valence-corrected chi connectivity index (χ2v) is 6.04. The van der Waals surface area contributed by atoms with Crippen molar-refractivity contribution in [3.05, 3.63) is 58.6 Å². The Hall–Kier alpha value is -2.67. The van der Waals surface area contributed by atoms with E-state index in [0.29, 0.717) is 16.9 Å². The van der Waals surface area contributed by atoms with Crippen molar-refractivity contribution in [1.29, 1.82) is 0 Å². The molecular weight excluding hydrogens is 376 g/mol. The fraction of sp³-hybridized carbons (Fsp3) is 0.118. The van der Waals surface area contributed by atoms with Gasteiger partial charge in [-0.1, -0.05) is 28.1 Å². The smallest absolute Gasteiger partial charge is 0.338 e. The summed E-state index contributed by atoms with van der Waals surface area (Å²) < 4.78 is 5.90. The summed E-state index contributed by atoms with van der Waals surface area (Å²) in [5.41, 5.74) is 1.49. The molecule has 0 saturated heterocycles. The summed E-state index contributed by atoms with van der Waals surface area (Å²) >= 11 is 3.28. The van der Waals surface area contributed by atoms with E-state index in [4.69, 9.17) is 4.74 Å². The fourth-order valence-electron chi connectivity index (χ4n) is 2.33. The summed E-state index contributed by atoms with van der Waals surface area (Å²) in [5.74, 6) is -1.34. The third-order valence-corrected chi connectivity index (χ3v) is 4.01. The first-order chi connectivity index (χ1) is 11.5. The van der Waals surface area contributed by atoms with E-state index in [1.165, 1.54) is 4.90 Å². The van der Waals surface area contributed by atoms with E-state index in [1.54, 1.807) is 48.5 Å². The third-order valence-electron chi connectivity index (χ3n) is 3.48. The number of carbonyl (C=O) groups is 3. The Balaban J connectivity index is 1.68. The summed E-state index contributed by atoms with van der Waals surface area (Å²) in [6.45, 7) is -0.539. The van der Waals surface area contributed by atoms with Gasteiger partial charge in [-0.05, 0) is 36.4 Å². The molecule has 2 aromatic carbocycles. The molecule has 0 radical (unpaired) electrons. The third kappa shape index (κ3) is 3.46. The molecule has 0 bridgehead atoms. The van der Waals surface area contributed by atoms with Gasteiger partial charge in [0.1, 0.15) is 6.54 Å². The molecule has 2 aromatic rings. The number of rotatable bonds is 3. The van der Waals surface area contributed by atoms with Crippen LogP contribution in [-0.4, -0.2) is 30.9 Å². The second-order valence-electron chi connectivity index (χ2n) is 5.13. The Kier molecular flexibility index (Phi) is 4.61. The van der Waals surface area contributed by atoms with Crippen LogP contribution in [0.1, 0.15) is 10.4 Å². The highest BCUT2D eigenvalue weighted by atomic mass is 79.9. The van der Waals surface area contributed by atoms with Crippen LogP contribution >= 0.6 is 15.9 Å². The molecule has 1 heterocycles. The van der Waals surface area contributed by atoms with Gasteiger partial charge in [0.25, 0.3) is 5.91 Å². The van der Waals surface area contributed by atoms with E-state index in [2.05, 4.69) is 21.2 Å². The van der Waals surface area contributed by atoms with Crippen LogP contribution in [0.15, 0.2) is 53.0 Å². The Morgan fingerprint density at radius 1 is 1.12 bits per heavy atom. The molecule has 0 spiro atoms. The van der Waals surface area contributed by atoms with Gasteiger partial charge in [-0.15, -0.1) is 0 Å². The first kappa shape index (κ1) is 16.2. The lowest BCUT2D eigenvalue weighted by molar-refractivity contribution is -0.124. The maximum atomic E-state index is 12.4. The lowest BCUT2D eigenvalue weighted by Gasteiger charge is -2.28. The highest BCUT2D eigenvalue weighted by Crippen LogP contribution is 2.28. The Labute approximate surface area is 146 Å². The average Bonchev–Trinajstić information content (AvgIpc) is 2.59. The maximum absolute atomic E-state index is 12.4. The van der Waals surface area contributed by atoms with Crippen LogP contribution in [0.3, 0.4) is 0 Å². The minimum atomic E-state index is -0.592. The van der Waals surface area contributed by atoms with Crippen LogP contribution in [-0.2, 0) is 14.3 Å². The standard InChI is InChI=1S/C17H13BrN2O4/c18-12-7-5-11(6-8-12)17(23)24-10-16(22)20-9-15(21)19-13-3-1-2-4-14(13)20/h1-8H,9-10H2,(H,19,21). The van der Waals surface area contributed by atoms with E-state index in [0.717, 1.165) is 4.47 Å². The minimum Gasteiger partial charge on any atom is -0.452 e. The molecule has 1 aliphatic heterocycles. The van der Waals surface area contributed by atoms with Crippen LogP contribution in [0.5, 0.6) is 0 Å². The molecule has 122 valence electrons. The summed E-state index contributed by atoms with van der Waals surface area (Å²) in [5, 5.41) is 2.70. The van der Waals surface area contributed by atoms with Crippen LogP contribution in [0, 0.1) is 0 Å². The lowest BCUT2D eigenvalue weighted by Crippen LogP contribution is -2.44. The highest BCUT2D eigenvalue weighted by molar-refractivity contribution is 9.10. The highest BCUT2D eigenvalue weighted by Gasteiger charge is 2.27. The Bertz CT molecular complexity index is 804. The monoisotopic (exact) mass is 388 g/mol. The number of para-hydroxylation sites is 2. The van der Waals surface area contributed by atoms with E-state index >= 15 is 0 Å². The van der Waals surface area contributed by atoms with Crippen molar-refractivity contribution in [2.75, 3.05) is 23.4 Å². The second kappa shape index (κ2) is 6.84. The molecule has 1 N–H and O–H groups in total. The van der Waals surface area contributed by atoms with Crippen molar-refractivity contribution >= 4 is 45.1 Å². The zero-order valence-corrected chi connectivity index (χ0v) is 14.1. The molecule has 3 rings (SSSR count). The molecule has 1 aliphatic rings. The van der Waals surface area contributed by atoms with Crippen LogP contribution in [0.25, 0.3) is 0 Å². The Morgan fingerprint density at radius 2 is 1.83 bits per heavy atom. The molecule has 0 atom stereocenters. The van der Waals surface area contributed by atoms with Gasteiger partial charge < -0.3 is 10.1 Å². The molecular formula is C17H13BrN2O4. The van der Waals surface area contributed by atoms with Gasteiger partial charge in [0.2, 0.25) is 5.91 Å². The van der Waals surface area contributed by atoms with Crippen LogP contribution in [0.2, 0.25) is 0 Å². The normalized spacial score (nSPS) is 13.0. The van der Waals surface area contributed by atoms with E-state index in [9.17, 15) is 14.4 Å². The molecule has 0 unspecified atom stereocenters. The number of hydrogen-bond donors (Lipinski definition) is 1. The van der Waals surface area contributed by atoms with Crippen LogP contribution < -0.4 is 10.2 Å². The summed E-state index contributed by atoms with van der Waals surface area (Å²) in [4.78, 5) is 37.3. The number of amides is 2. The van der Waals surface area contributed by atoms with Crippen molar-refractivity contribution in [2.24, 2.45) is 0 Å². The van der Waals surface area contributed by atoms with Gasteiger partial charge in [-0.3, -0.25) is 14.5 Å². The molecule has 0 aromatic heterocycles. The number of hydrogen-bond acceptors (Lipinski definition) is 4. The topological polar surface area (TPSA) is 75.7 Å². The van der Waals surface area contributed by atoms with E-state index < -0.39 is 18.5 Å². The van der Waals surface area contributed by atoms with Gasteiger partial charge in [-0.25, -0.2) is 4.79 Å². The zero-order valence-electron chi connectivity index (χ0n) is 12.5. The summed E-state index contributed by atoms with van der Waals surface area (Å²) in [6, 6.07) is 13.6. The first-order valence-electron chi connectivity index (χ1n) is 7.16. The van der Waals surface area contributed by atoms with E-state index in [-0.39, 0.29) is 12.5 Å². The van der Waals surface area contributed by atoms with Crippen molar-refractivity contribution in [1.82, 2.24) is 0 Å². The van der Waals surface area contributed by atoms with Gasteiger partial charge in [0.15, 0.2) is 6.61 Å². The van der Waals surface area contributed by atoms with E-state index in [1.807, 2.05) is 0 Å². The summed E-state index contributed by atoms with van der Waals surface area (Å²) in [6.07, 6.45) is 0. The van der Waals surface area contributed by atoms with Crippen molar-refractivity contribution in [2.45, 2.75) is 0 Å². The predicted molar refractivity (Wildman–Crippen MR) is 91.8 cm³/mol. The first-order valence-corrected chi connectivity index (χ1v) is 7.96. The van der Waals surface area contributed by atoms with Gasteiger partial charge >= 0.3 is 5.97 Å². The number of nitrogens with one attached hydrogen (secondary N) is 1. The molecule has 0 saturated carbocycles. The predicted octanol–water partition coefficient (Wildman–Crippen LogP) is 2.59.